The minimum absolute atomic E-state index is 0.660. The molecule has 1 aliphatic heterocycles. The van der Waals surface area contributed by atoms with Crippen molar-refractivity contribution in [1.82, 2.24) is 9.55 Å². The topological polar surface area (TPSA) is 27.1 Å². The zero-order valence-electron chi connectivity index (χ0n) is 6.09. The van der Waals surface area contributed by atoms with E-state index in [0.717, 1.165) is 30.0 Å². The van der Waals surface area contributed by atoms with Crippen LogP contribution in [-0.4, -0.2) is 16.2 Å². The lowest BCUT2D eigenvalue weighted by Crippen LogP contribution is -2.15. The molecule has 0 saturated heterocycles. The number of nitrogens with zero attached hydrogens (tertiary/aromatic N) is 2. The average molecular weight is 217 g/mol. The predicted octanol–water partition coefficient (Wildman–Crippen LogP) is 1.31. The van der Waals surface area contributed by atoms with Gasteiger partial charge in [-0.15, -0.1) is 0 Å². The first kappa shape index (κ1) is 7.31. The van der Waals surface area contributed by atoms with Gasteiger partial charge in [0.15, 0.2) is 0 Å². The number of hydrogen-bond donors (Lipinski definition) is 0. The number of alkyl halides is 1. The molecule has 3 nitrogen and oxygen atoms in total. The summed E-state index contributed by atoms with van der Waals surface area (Å²) in [6.45, 7) is 2.41. The molecule has 0 radical (unpaired) electrons. The van der Waals surface area contributed by atoms with E-state index in [1.807, 2.05) is 0 Å². The third kappa shape index (κ3) is 1.32. The van der Waals surface area contributed by atoms with Gasteiger partial charge in [-0.25, -0.2) is 4.98 Å². The molecule has 1 aliphatic rings. The first-order valence-corrected chi connectivity index (χ1v) is 4.71. The largest absolute Gasteiger partial charge is 0.372 e. The Morgan fingerprint density at radius 1 is 1.73 bits per heavy atom. The summed E-state index contributed by atoms with van der Waals surface area (Å²) in [5, 5.41) is 0.826. The van der Waals surface area contributed by atoms with Crippen LogP contribution < -0.4 is 0 Å². The van der Waals surface area contributed by atoms with Crippen molar-refractivity contribution in [3.05, 3.63) is 17.7 Å². The Balaban J connectivity index is 2.32. The number of rotatable bonds is 1. The highest BCUT2D eigenvalue weighted by Gasteiger charge is 2.10. The summed E-state index contributed by atoms with van der Waals surface area (Å²) in [4.78, 5) is 4.36. The molecule has 2 heterocycles. The monoisotopic (exact) mass is 216 g/mol. The molecule has 0 unspecified atom stereocenters. The highest BCUT2D eigenvalue weighted by atomic mass is 79.9. The maximum Gasteiger partial charge on any atom is 0.135 e. The Labute approximate surface area is 73.5 Å². The first-order chi connectivity index (χ1) is 5.40. The third-order valence-corrected chi connectivity index (χ3v) is 2.33. The molecular weight excluding hydrogens is 208 g/mol. The predicted molar refractivity (Wildman–Crippen MR) is 44.5 cm³/mol. The Hall–Kier alpha value is -0.350. The highest BCUT2D eigenvalue weighted by molar-refractivity contribution is 9.08. The highest BCUT2D eigenvalue weighted by Crippen LogP contribution is 2.11. The van der Waals surface area contributed by atoms with Crippen molar-refractivity contribution < 1.29 is 4.74 Å². The normalized spacial score (nSPS) is 16.5. The Kier molecular flexibility index (Phi) is 1.96. The molecule has 0 atom stereocenters. The van der Waals surface area contributed by atoms with Crippen LogP contribution in [0.1, 0.15) is 11.5 Å². The maximum absolute atomic E-state index is 5.26. The van der Waals surface area contributed by atoms with Crippen LogP contribution in [0.25, 0.3) is 0 Å². The summed E-state index contributed by atoms with van der Waals surface area (Å²) >= 11 is 3.37. The van der Waals surface area contributed by atoms with Gasteiger partial charge in [-0.05, 0) is 0 Å². The summed E-state index contributed by atoms with van der Waals surface area (Å²) in [6, 6.07) is 0. The standard InChI is InChI=1S/C7H9BrN2O/c8-3-6-4-10-1-2-11-5-7(10)9-6/h4H,1-3,5H2. The van der Waals surface area contributed by atoms with E-state index < -0.39 is 0 Å². The molecular formula is C7H9BrN2O. The molecule has 0 aromatic carbocycles. The number of aromatic nitrogens is 2. The summed E-state index contributed by atoms with van der Waals surface area (Å²) < 4.78 is 7.41. The van der Waals surface area contributed by atoms with E-state index >= 15 is 0 Å². The van der Waals surface area contributed by atoms with Gasteiger partial charge in [0.05, 0.1) is 12.3 Å². The smallest absolute Gasteiger partial charge is 0.135 e. The van der Waals surface area contributed by atoms with Crippen LogP contribution in [0.15, 0.2) is 6.20 Å². The lowest BCUT2D eigenvalue weighted by molar-refractivity contribution is 0.0816. The second-order valence-electron chi connectivity index (χ2n) is 2.53. The van der Waals surface area contributed by atoms with Crippen LogP contribution >= 0.6 is 15.9 Å². The van der Waals surface area contributed by atoms with Crippen molar-refractivity contribution >= 4 is 15.9 Å². The summed E-state index contributed by atoms with van der Waals surface area (Å²) in [6.07, 6.45) is 2.08. The van der Waals surface area contributed by atoms with Gasteiger partial charge in [0.2, 0.25) is 0 Å². The zero-order valence-corrected chi connectivity index (χ0v) is 7.67. The van der Waals surface area contributed by atoms with Crippen LogP contribution in [-0.2, 0) is 23.2 Å². The van der Waals surface area contributed by atoms with Crippen molar-refractivity contribution in [2.24, 2.45) is 0 Å². The number of ether oxygens (including phenoxy) is 1. The average Bonchev–Trinajstić information content (AvgIpc) is 2.46. The van der Waals surface area contributed by atoms with E-state index in [0.29, 0.717) is 6.61 Å². The molecule has 11 heavy (non-hydrogen) atoms. The number of imidazole rings is 1. The quantitative estimate of drug-likeness (QED) is 0.663. The molecule has 60 valence electrons. The molecule has 0 spiro atoms. The molecule has 0 N–H and O–H groups in total. The lowest BCUT2D eigenvalue weighted by atomic mass is 10.5. The molecule has 0 saturated carbocycles. The number of fused-ring (bicyclic) bond motifs is 1. The zero-order chi connectivity index (χ0) is 7.68. The Bertz CT molecular complexity index is 235. The molecule has 0 fully saturated rings. The molecule has 2 rings (SSSR count). The van der Waals surface area contributed by atoms with Gasteiger partial charge < -0.3 is 9.30 Å². The van der Waals surface area contributed by atoms with E-state index in [4.69, 9.17) is 4.74 Å². The van der Waals surface area contributed by atoms with Crippen molar-refractivity contribution in [3.8, 4) is 0 Å². The summed E-state index contributed by atoms with van der Waals surface area (Å²) in [7, 11) is 0. The van der Waals surface area contributed by atoms with Gasteiger partial charge in [-0.1, -0.05) is 15.9 Å². The molecule has 0 bridgehead atoms. The minimum Gasteiger partial charge on any atom is -0.372 e. The van der Waals surface area contributed by atoms with Gasteiger partial charge in [-0.3, -0.25) is 0 Å². The van der Waals surface area contributed by atoms with Crippen LogP contribution in [0.3, 0.4) is 0 Å². The fraction of sp³-hybridized carbons (Fsp3) is 0.571. The van der Waals surface area contributed by atoms with E-state index in [-0.39, 0.29) is 0 Å². The molecule has 4 heteroatoms. The lowest BCUT2D eigenvalue weighted by Gasteiger charge is -2.13. The van der Waals surface area contributed by atoms with Crippen LogP contribution in [0, 0.1) is 0 Å². The van der Waals surface area contributed by atoms with Crippen molar-refractivity contribution in [2.45, 2.75) is 18.5 Å². The van der Waals surface area contributed by atoms with Gasteiger partial charge in [0, 0.05) is 18.1 Å². The molecule has 1 aromatic heterocycles. The molecule has 0 amide bonds. The van der Waals surface area contributed by atoms with Crippen molar-refractivity contribution in [1.29, 1.82) is 0 Å². The molecule has 1 aromatic rings. The fourth-order valence-corrected chi connectivity index (χ4v) is 1.48. The second-order valence-corrected chi connectivity index (χ2v) is 3.09. The van der Waals surface area contributed by atoms with E-state index in [2.05, 4.69) is 31.7 Å². The first-order valence-electron chi connectivity index (χ1n) is 3.59. The maximum atomic E-state index is 5.26. The second kappa shape index (κ2) is 2.95. The Morgan fingerprint density at radius 2 is 2.64 bits per heavy atom. The van der Waals surface area contributed by atoms with E-state index in [1.165, 1.54) is 0 Å². The Morgan fingerprint density at radius 3 is 3.36 bits per heavy atom. The SMILES string of the molecule is BrCc1cn2c(n1)COCC2. The van der Waals surface area contributed by atoms with Crippen LogP contribution in [0.2, 0.25) is 0 Å². The molecule has 0 aliphatic carbocycles. The van der Waals surface area contributed by atoms with E-state index in [1.54, 1.807) is 0 Å². The third-order valence-electron chi connectivity index (χ3n) is 1.75. The van der Waals surface area contributed by atoms with Gasteiger partial charge >= 0.3 is 0 Å². The fourth-order valence-electron chi connectivity index (χ4n) is 1.21. The van der Waals surface area contributed by atoms with Crippen molar-refractivity contribution in [2.75, 3.05) is 6.61 Å². The van der Waals surface area contributed by atoms with E-state index in [9.17, 15) is 0 Å². The van der Waals surface area contributed by atoms with Gasteiger partial charge in [0.1, 0.15) is 12.4 Å². The number of hydrogen-bond acceptors (Lipinski definition) is 2. The van der Waals surface area contributed by atoms with Crippen LogP contribution in [0.4, 0.5) is 0 Å². The van der Waals surface area contributed by atoms with Gasteiger partial charge in [0.25, 0.3) is 0 Å². The summed E-state index contributed by atoms with van der Waals surface area (Å²) in [5.41, 5.74) is 1.09. The minimum atomic E-state index is 0.660. The van der Waals surface area contributed by atoms with Gasteiger partial charge in [-0.2, -0.15) is 0 Å². The summed E-state index contributed by atoms with van der Waals surface area (Å²) in [5.74, 6) is 1.05. The number of halogens is 1. The van der Waals surface area contributed by atoms with Crippen LogP contribution in [0.5, 0.6) is 0 Å². The van der Waals surface area contributed by atoms with Crippen molar-refractivity contribution in [3.63, 3.8) is 0 Å².